The summed E-state index contributed by atoms with van der Waals surface area (Å²) in [4.78, 5) is 0. The van der Waals surface area contributed by atoms with E-state index in [0.717, 1.165) is 16.6 Å². The Hall–Kier alpha value is -2.43. The van der Waals surface area contributed by atoms with Gasteiger partial charge in [-0.1, -0.05) is 6.07 Å². The third-order valence-electron chi connectivity index (χ3n) is 3.28. The summed E-state index contributed by atoms with van der Waals surface area (Å²) in [5.74, 6) is -1.08. The van der Waals surface area contributed by atoms with Crippen LogP contribution in [-0.2, 0) is 13.6 Å². The highest BCUT2D eigenvalue weighted by molar-refractivity contribution is 5.82. The highest BCUT2D eigenvalue weighted by atomic mass is 19.1. The van der Waals surface area contributed by atoms with Crippen molar-refractivity contribution in [2.45, 2.75) is 6.54 Å². The maximum Gasteiger partial charge on any atom is 0.131 e. The van der Waals surface area contributed by atoms with Gasteiger partial charge in [-0.15, -0.1) is 0 Å². The zero-order chi connectivity index (χ0) is 14.1. The molecule has 0 radical (unpaired) electrons. The lowest BCUT2D eigenvalue weighted by molar-refractivity contribution is 0.560. The molecule has 2 aromatic carbocycles. The van der Waals surface area contributed by atoms with Crippen molar-refractivity contribution in [2.24, 2.45) is 7.05 Å². The summed E-state index contributed by atoms with van der Waals surface area (Å²) < 4.78 is 28.8. The van der Waals surface area contributed by atoms with E-state index < -0.39 is 11.6 Å². The molecule has 0 saturated heterocycles. The van der Waals surface area contributed by atoms with Crippen molar-refractivity contribution >= 4 is 16.6 Å². The lowest BCUT2D eigenvalue weighted by atomic mass is 10.2. The van der Waals surface area contributed by atoms with Gasteiger partial charge in [0.25, 0.3) is 0 Å². The molecule has 3 nitrogen and oxygen atoms in total. The van der Waals surface area contributed by atoms with E-state index in [1.54, 1.807) is 10.9 Å². The van der Waals surface area contributed by atoms with Gasteiger partial charge < -0.3 is 5.32 Å². The number of rotatable bonds is 3. The molecule has 0 unspecified atom stereocenters. The number of fused-ring (bicyclic) bond motifs is 1. The molecule has 0 aliphatic carbocycles. The van der Waals surface area contributed by atoms with Gasteiger partial charge in [-0.25, -0.2) is 8.78 Å². The number of halogens is 2. The number of anilines is 1. The van der Waals surface area contributed by atoms with Crippen molar-refractivity contribution in [3.63, 3.8) is 0 Å². The summed E-state index contributed by atoms with van der Waals surface area (Å²) in [6.45, 7) is 0.0991. The maximum absolute atomic E-state index is 13.5. The van der Waals surface area contributed by atoms with Gasteiger partial charge in [0.05, 0.1) is 11.7 Å². The molecule has 20 heavy (non-hydrogen) atoms. The predicted molar refractivity (Wildman–Crippen MR) is 74.4 cm³/mol. The first-order valence-corrected chi connectivity index (χ1v) is 6.23. The molecule has 0 saturated carbocycles. The lowest BCUT2D eigenvalue weighted by Crippen LogP contribution is -2.04. The minimum atomic E-state index is -0.542. The summed E-state index contributed by atoms with van der Waals surface area (Å²) >= 11 is 0. The second-order valence-corrected chi connectivity index (χ2v) is 4.60. The topological polar surface area (TPSA) is 29.9 Å². The van der Waals surface area contributed by atoms with Crippen LogP contribution < -0.4 is 5.32 Å². The number of aromatic nitrogens is 2. The molecule has 3 rings (SSSR count). The van der Waals surface area contributed by atoms with E-state index in [9.17, 15) is 8.78 Å². The van der Waals surface area contributed by atoms with Crippen LogP contribution in [0.25, 0.3) is 10.9 Å². The molecule has 0 atom stereocenters. The number of hydrogen-bond acceptors (Lipinski definition) is 2. The molecule has 0 amide bonds. The van der Waals surface area contributed by atoms with Crippen LogP contribution in [0, 0.1) is 11.6 Å². The lowest BCUT2D eigenvalue weighted by Gasteiger charge is -2.09. The van der Waals surface area contributed by atoms with Crippen molar-refractivity contribution in [1.29, 1.82) is 0 Å². The van der Waals surface area contributed by atoms with E-state index >= 15 is 0 Å². The SMILES string of the molecule is Cn1ncc2ccc(NCc3c(F)cccc3F)cc21. The van der Waals surface area contributed by atoms with Crippen LogP contribution in [0.5, 0.6) is 0 Å². The average Bonchev–Trinajstić information content (AvgIpc) is 2.80. The Kier molecular flexibility index (Phi) is 3.10. The molecule has 3 aromatic rings. The Morgan fingerprint density at radius 1 is 1.15 bits per heavy atom. The van der Waals surface area contributed by atoms with Crippen LogP contribution in [0.15, 0.2) is 42.6 Å². The summed E-state index contributed by atoms with van der Waals surface area (Å²) in [7, 11) is 1.85. The Morgan fingerprint density at radius 3 is 2.65 bits per heavy atom. The van der Waals surface area contributed by atoms with E-state index in [1.807, 2.05) is 25.2 Å². The fourth-order valence-electron chi connectivity index (χ4n) is 2.15. The van der Waals surface area contributed by atoms with E-state index in [1.165, 1.54) is 18.2 Å². The van der Waals surface area contributed by atoms with Gasteiger partial charge in [0, 0.05) is 30.2 Å². The fourth-order valence-corrected chi connectivity index (χ4v) is 2.15. The standard InChI is InChI=1S/C15H13F2N3/c1-20-15-7-11(6-5-10(15)8-19-20)18-9-12-13(16)3-2-4-14(12)17/h2-8,18H,9H2,1H3. The smallest absolute Gasteiger partial charge is 0.131 e. The molecular weight excluding hydrogens is 260 g/mol. The van der Waals surface area contributed by atoms with Crippen molar-refractivity contribution < 1.29 is 8.78 Å². The van der Waals surface area contributed by atoms with Crippen LogP contribution in [0.2, 0.25) is 0 Å². The van der Waals surface area contributed by atoms with Gasteiger partial charge in [0.15, 0.2) is 0 Å². The highest BCUT2D eigenvalue weighted by Crippen LogP contribution is 2.20. The zero-order valence-electron chi connectivity index (χ0n) is 10.9. The van der Waals surface area contributed by atoms with E-state index in [0.29, 0.717) is 0 Å². The van der Waals surface area contributed by atoms with Gasteiger partial charge in [0.1, 0.15) is 11.6 Å². The largest absolute Gasteiger partial charge is 0.381 e. The molecule has 102 valence electrons. The van der Waals surface area contributed by atoms with Crippen LogP contribution >= 0.6 is 0 Å². The quantitative estimate of drug-likeness (QED) is 0.792. The summed E-state index contributed by atoms with van der Waals surface area (Å²) in [5, 5.41) is 8.21. The first-order valence-electron chi connectivity index (χ1n) is 6.23. The molecule has 1 heterocycles. The first-order chi connectivity index (χ1) is 9.65. The van der Waals surface area contributed by atoms with Gasteiger partial charge in [-0.05, 0) is 30.3 Å². The first kappa shape index (κ1) is 12.6. The number of benzene rings is 2. The Labute approximate surface area is 114 Å². The van der Waals surface area contributed by atoms with Crippen LogP contribution in [-0.4, -0.2) is 9.78 Å². The third-order valence-corrected chi connectivity index (χ3v) is 3.28. The monoisotopic (exact) mass is 273 g/mol. The molecule has 0 fully saturated rings. The van der Waals surface area contributed by atoms with Crippen LogP contribution in [0.1, 0.15) is 5.56 Å². The number of aryl methyl sites for hydroxylation is 1. The molecule has 1 aromatic heterocycles. The predicted octanol–water partition coefficient (Wildman–Crippen LogP) is 3.46. The van der Waals surface area contributed by atoms with Crippen LogP contribution in [0.3, 0.4) is 0 Å². The molecule has 0 spiro atoms. The minimum absolute atomic E-state index is 0.0394. The third kappa shape index (κ3) is 2.22. The van der Waals surface area contributed by atoms with E-state index in [2.05, 4.69) is 10.4 Å². The molecule has 0 aliphatic rings. The fraction of sp³-hybridized carbons (Fsp3) is 0.133. The summed E-state index contributed by atoms with van der Waals surface area (Å²) in [6.07, 6.45) is 1.77. The van der Waals surface area contributed by atoms with Gasteiger partial charge in [-0.2, -0.15) is 5.10 Å². The second kappa shape index (κ2) is 4.92. The number of nitrogens with one attached hydrogen (secondary N) is 1. The normalized spacial score (nSPS) is 10.9. The average molecular weight is 273 g/mol. The van der Waals surface area contributed by atoms with Crippen molar-refractivity contribution in [3.8, 4) is 0 Å². The maximum atomic E-state index is 13.5. The van der Waals surface area contributed by atoms with E-state index in [4.69, 9.17) is 0 Å². The van der Waals surface area contributed by atoms with Crippen molar-refractivity contribution in [2.75, 3.05) is 5.32 Å². The molecule has 1 N–H and O–H groups in total. The molecule has 5 heteroatoms. The van der Waals surface area contributed by atoms with Gasteiger partial charge >= 0.3 is 0 Å². The Balaban J connectivity index is 1.85. The Bertz CT molecular complexity index is 745. The zero-order valence-corrected chi connectivity index (χ0v) is 10.9. The number of nitrogens with zero attached hydrogens (tertiary/aromatic N) is 2. The van der Waals surface area contributed by atoms with Crippen molar-refractivity contribution in [1.82, 2.24) is 9.78 Å². The van der Waals surface area contributed by atoms with Crippen LogP contribution in [0.4, 0.5) is 14.5 Å². The minimum Gasteiger partial charge on any atom is -0.381 e. The van der Waals surface area contributed by atoms with Crippen molar-refractivity contribution in [3.05, 3.63) is 59.8 Å². The summed E-state index contributed by atoms with van der Waals surface area (Å²) in [6, 6.07) is 9.55. The molecular formula is C15H13F2N3. The second-order valence-electron chi connectivity index (χ2n) is 4.60. The van der Waals surface area contributed by atoms with Gasteiger partial charge in [-0.3, -0.25) is 4.68 Å². The molecule has 0 aliphatic heterocycles. The summed E-state index contributed by atoms with van der Waals surface area (Å²) in [5.41, 5.74) is 1.80. The van der Waals surface area contributed by atoms with E-state index in [-0.39, 0.29) is 12.1 Å². The Morgan fingerprint density at radius 2 is 1.90 bits per heavy atom. The number of hydrogen-bond donors (Lipinski definition) is 1. The molecule has 0 bridgehead atoms. The van der Waals surface area contributed by atoms with Gasteiger partial charge in [0.2, 0.25) is 0 Å². The highest BCUT2D eigenvalue weighted by Gasteiger charge is 2.08.